The molecule has 1 unspecified atom stereocenters. The summed E-state index contributed by atoms with van der Waals surface area (Å²) in [6, 6.07) is 0. The molecule has 0 saturated carbocycles. The molecule has 0 aromatic rings. The monoisotopic (exact) mass is 217 g/mol. The van der Waals surface area contributed by atoms with Crippen molar-refractivity contribution in [2.75, 3.05) is 26.3 Å². The molecule has 0 aliphatic rings. The van der Waals surface area contributed by atoms with Crippen LogP contribution >= 0.6 is 0 Å². The summed E-state index contributed by atoms with van der Waals surface area (Å²) in [5.41, 5.74) is 0. The van der Waals surface area contributed by atoms with Gasteiger partial charge in [-0.2, -0.15) is 0 Å². The maximum Gasteiger partial charge on any atom is 0.0897 e. The molecule has 0 saturated heterocycles. The van der Waals surface area contributed by atoms with Crippen molar-refractivity contribution in [2.24, 2.45) is 0 Å². The quantitative estimate of drug-likeness (QED) is 0.520. The maximum absolute atomic E-state index is 9.52. The zero-order chi connectivity index (χ0) is 11.4. The van der Waals surface area contributed by atoms with Crippen LogP contribution in [-0.4, -0.2) is 37.5 Å². The fourth-order valence-electron chi connectivity index (χ4n) is 1.29. The van der Waals surface area contributed by atoms with Crippen LogP contribution < -0.4 is 5.32 Å². The lowest BCUT2D eigenvalue weighted by Crippen LogP contribution is -2.31. The molecule has 3 heteroatoms. The van der Waals surface area contributed by atoms with Crippen LogP contribution in [0.25, 0.3) is 0 Å². The smallest absolute Gasteiger partial charge is 0.0897 e. The summed E-state index contributed by atoms with van der Waals surface area (Å²) in [5, 5.41) is 12.7. The number of unbranched alkanes of at least 4 members (excludes halogenated alkanes) is 3. The third-order valence-electron chi connectivity index (χ3n) is 2.29. The van der Waals surface area contributed by atoms with Gasteiger partial charge in [0.05, 0.1) is 12.7 Å². The molecule has 0 aliphatic heterocycles. The number of aliphatic hydroxyl groups is 1. The van der Waals surface area contributed by atoms with E-state index in [2.05, 4.69) is 19.2 Å². The van der Waals surface area contributed by atoms with Gasteiger partial charge in [-0.25, -0.2) is 0 Å². The Labute approximate surface area is 94.2 Å². The predicted molar refractivity (Wildman–Crippen MR) is 64.1 cm³/mol. The Hall–Kier alpha value is -0.120. The van der Waals surface area contributed by atoms with Gasteiger partial charge in [-0.15, -0.1) is 0 Å². The van der Waals surface area contributed by atoms with Gasteiger partial charge in [0, 0.05) is 13.2 Å². The molecule has 0 aromatic carbocycles. The summed E-state index contributed by atoms with van der Waals surface area (Å²) in [7, 11) is 0. The van der Waals surface area contributed by atoms with Crippen molar-refractivity contribution in [2.45, 2.75) is 52.1 Å². The van der Waals surface area contributed by atoms with Crippen LogP contribution in [0.5, 0.6) is 0 Å². The van der Waals surface area contributed by atoms with Crippen molar-refractivity contribution in [3.8, 4) is 0 Å². The average Bonchev–Trinajstić information content (AvgIpc) is 2.24. The summed E-state index contributed by atoms with van der Waals surface area (Å²) >= 11 is 0. The minimum atomic E-state index is -0.358. The summed E-state index contributed by atoms with van der Waals surface area (Å²) < 4.78 is 5.32. The van der Waals surface area contributed by atoms with Crippen LogP contribution in [0.4, 0.5) is 0 Å². The predicted octanol–water partition coefficient (Wildman–Crippen LogP) is 1.94. The fourth-order valence-corrected chi connectivity index (χ4v) is 1.29. The third-order valence-corrected chi connectivity index (χ3v) is 2.29. The molecule has 3 nitrogen and oxygen atoms in total. The second-order valence-corrected chi connectivity index (χ2v) is 3.99. The van der Waals surface area contributed by atoms with Crippen molar-refractivity contribution in [3.63, 3.8) is 0 Å². The number of ether oxygens (including phenoxy) is 1. The van der Waals surface area contributed by atoms with Crippen molar-refractivity contribution in [1.29, 1.82) is 0 Å². The van der Waals surface area contributed by atoms with E-state index in [9.17, 15) is 5.11 Å². The van der Waals surface area contributed by atoms with Gasteiger partial charge < -0.3 is 15.2 Å². The number of nitrogens with one attached hydrogen (secondary N) is 1. The molecular weight excluding hydrogens is 190 g/mol. The Morgan fingerprint density at radius 2 is 1.87 bits per heavy atom. The van der Waals surface area contributed by atoms with Gasteiger partial charge in [0.1, 0.15) is 0 Å². The number of hydrogen-bond donors (Lipinski definition) is 2. The highest BCUT2D eigenvalue weighted by atomic mass is 16.5. The molecule has 0 rings (SSSR count). The Morgan fingerprint density at radius 3 is 2.53 bits per heavy atom. The molecule has 92 valence electrons. The van der Waals surface area contributed by atoms with Crippen LogP contribution in [-0.2, 0) is 4.74 Å². The van der Waals surface area contributed by atoms with E-state index in [1.165, 1.54) is 19.3 Å². The van der Waals surface area contributed by atoms with Crippen LogP contribution in [0, 0.1) is 0 Å². The average molecular weight is 217 g/mol. The first kappa shape index (κ1) is 14.9. The lowest BCUT2D eigenvalue weighted by atomic mass is 10.2. The standard InChI is InChI=1S/C12H27NO2/c1-3-5-7-8-13-10-12(14)11-15-9-6-4-2/h12-14H,3-11H2,1-2H3. The molecular formula is C12H27NO2. The first-order valence-corrected chi connectivity index (χ1v) is 6.27. The Bertz CT molecular complexity index is 120. The van der Waals surface area contributed by atoms with Crippen molar-refractivity contribution >= 4 is 0 Å². The maximum atomic E-state index is 9.52. The minimum absolute atomic E-state index is 0.358. The minimum Gasteiger partial charge on any atom is -0.389 e. The number of rotatable bonds is 11. The van der Waals surface area contributed by atoms with E-state index in [1.54, 1.807) is 0 Å². The third kappa shape index (κ3) is 11.8. The number of hydrogen-bond acceptors (Lipinski definition) is 3. The van der Waals surface area contributed by atoms with Crippen molar-refractivity contribution in [1.82, 2.24) is 5.32 Å². The lowest BCUT2D eigenvalue weighted by Gasteiger charge is -2.12. The molecule has 1 atom stereocenters. The van der Waals surface area contributed by atoms with Gasteiger partial charge in [0.25, 0.3) is 0 Å². The van der Waals surface area contributed by atoms with Gasteiger partial charge in [-0.3, -0.25) is 0 Å². The summed E-state index contributed by atoms with van der Waals surface area (Å²) in [6.07, 6.45) is 5.56. The topological polar surface area (TPSA) is 41.5 Å². The Balaban J connectivity index is 3.08. The van der Waals surface area contributed by atoms with E-state index >= 15 is 0 Å². The highest BCUT2D eigenvalue weighted by molar-refractivity contribution is 4.58. The molecule has 15 heavy (non-hydrogen) atoms. The van der Waals surface area contributed by atoms with Crippen LogP contribution in [0.1, 0.15) is 46.0 Å². The van der Waals surface area contributed by atoms with Crippen LogP contribution in [0.2, 0.25) is 0 Å². The molecule has 0 spiro atoms. The molecule has 2 N–H and O–H groups in total. The SMILES string of the molecule is CCCCCNCC(O)COCCCC. The highest BCUT2D eigenvalue weighted by Crippen LogP contribution is 1.92. The normalized spacial score (nSPS) is 13.0. The molecule has 0 radical (unpaired) electrons. The summed E-state index contributed by atoms with van der Waals surface area (Å²) in [5.74, 6) is 0. The van der Waals surface area contributed by atoms with E-state index in [-0.39, 0.29) is 6.10 Å². The van der Waals surface area contributed by atoms with Crippen molar-refractivity contribution in [3.05, 3.63) is 0 Å². The van der Waals surface area contributed by atoms with E-state index < -0.39 is 0 Å². The lowest BCUT2D eigenvalue weighted by molar-refractivity contribution is 0.0360. The van der Waals surface area contributed by atoms with Gasteiger partial charge in [0.2, 0.25) is 0 Å². The van der Waals surface area contributed by atoms with Gasteiger partial charge in [-0.1, -0.05) is 33.1 Å². The largest absolute Gasteiger partial charge is 0.389 e. The Morgan fingerprint density at radius 1 is 1.13 bits per heavy atom. The molecule has 0 aliphatic carbocycles. The second-order valence-electron chi connectivity index (χ2n) is 3.99. The summed E-state index contributed by atoms with van der Waals surface area (Å²) in [6.45, 7) is 7.20. The Kier molecular flexibility index (Phi) is 11.9. The van der Waals surface area contributed by atoms with E-state index in [1.807, 2.05) is 0 Å². The van der Waals surface area contributed by atoms with Crippen molar-refractivity contribution < 1.29 is 9.84 Å². The van der Waals surface area contributed by atoms with Crippen LogP contribution in [0.15, 0.2) is 0 Å². The van der Waals surface area contributed by atoms with Gasteiger partial charge in [-0.05, 0) is 19.4 Å². The van der Waals surface area contributed by atoms with E-state index in [4.69, 9.17) is 4.74 Å². The molecule has 0 aromatic heterocycles. The van der Waals surface area contributed by atoms with E-state index in [0.29, 0.717) is 13.2 Å². The molecule has 0 fully saturated rings. The molecule has 0 bridgehead atoms. The van der Waals surface area contributed by atoms with Crippen LogP contribution in [0.3, 0.4) is 0 Å². The number of aliphatic hydroxyl groups excluding tert-OH is 1. The zero-order valence-electron chi connectivity index (χ0n) is 10.3. The van der Waals surface area contributed by atoms with Gasteiger partial charge in [0.15, 0.2) is 0 Å². The first-order valence-electron chi connectivity index (χ1n) is 6.27. The first-order chi connectivity index (χ1) is 7.31. The zero-order valence-corrected chi connectivity index (χ0v) is 10.3. The summed E-state index contributed by atoms with van der Waals surface area (Å²) in [4.78, 5) is 0. The molecule has 0 amide bonds. The highest BCUT2D eigenvalue weighted by Gasteiger charge is 2.02. The van der Waals surface area contributed by atoms with E-state index in [0.717, 1.165) is 26.0 Å². The van der Waals surface area contributed by atoms with Gasteiger partial charge >= 0.3 is 0 Å². The molecule has 0 heterocycles. The fraction of sp³-hybridized carbons (Fsp3) is 1.00. The second kappa shape index (κ2) is 12.0.